The summed E-state index contributed by atoms with van der Waals surface area (Å²) in [5, 5.41) is 0. The van der Waals surface area contributed by atoms with Crippen LogP contribution in [0.15, 0.2) is 79.7 Å². The highest BCUT2D eigenvalue weighted by molar-refractivity contribution is 5.89. The Morgan fingerprint density at radius 1 is 1.14 bits per heavy atom. The SMILES string of the molecule is C=C(c1ccc(Oc2ccccc2)cc1)c1c(N)ncnc1N(C)C1CCCN(C(=O)/C=C/C)C1. The zero-order valence-electron chi connectivity index (χ0n) is 20.2. The van der Waals surface area contributed by atoms with Crippen molar-refractivity contribution in [3.63, 3.8) is 0 Å². The first-order valence-electron chi connectivity index (χ1n) is 11.8. The van der Waals surface area contributed by atoms with Crippen LogP contribution in [0.5, 0.6) is 11.5 Å². The van der Waals surface area contributed by atoms with Crippen molar-refractivity contribution in [2.24, 2.45) is 0 Å². The van der Waals surface area contributed by atoms with Crippen molar-refractivity contribution in [1.29, 1.82) is 0 Å². The number of allylic oxidation sites excluding steroid dienone is 1. The van der Waals surface area contributed by atoms with Gasteiger partial charge in [-0.2, -0.15) is 0 Å². The smallest absolute Gasteiger partial charge is 0.246 e. The first-order valence-corrected chi connectivity index (χ1v) is 11.8. The van der Waals surface area contributed by atoms with Gasteiger partial charge in [-0.15, -0.1) is 0 Å². The fraction of sp³-hybridized carbons (Fsp3) is 0.250. The van der Waals surface area contributed by atoms with Crippen molar-refractivity contribution in [2.75, 3.05) is 30.8 Å². The van der Waals surface area contributed by atoms with Crippen molar-refractivity contribution in [3.05, 3.63) is 90.8 Å². The molecule has 2 N–H and O–H groups in total. The molecule has 1 aromatic heterocycles. The lowest BCUT2D eigenvalue weighted by atomic mass is 9.98. The molecule has 7 heteroatoms. The third kappa shape index (κ3) is 5.51. The maximum absolute atomic E-state index is 12.4. The van der Waals surface area contributed by atoms with E-state index in [1.807, 2.05) is 73.5 Å². The number of carbonyl (C=O) groups is 1. The molecule has 7 nitrogen and oxygen atoms in total. The van der Waals surface area contributed by atoms with Gasteiger partial charge in [0.1, 0.15) is 29.5 Å². The average Bonchev–Trinajstić information content (AvgIpc) is 2.89. The number of anilines is 2. The first-order chi connectivity index (χ1) is 17.0. The Hall–Kier alpha value is -4.13. The van der Waals surface area contributed by atoms with Gasteiger partial charge in [-0.05, 0) is 61.2 Å². The lowest BCUT2D eigenvalue weighted by molar-refractivity contribution is -0.127. The van der Waals surface area contributed by atoms with Crippen molar-refractivity contribution in [2.45, 2.75) is 25.8 Å². The highest BCUT2D eigenvalue weighted by atomic mass is 16.5. The number of rotatable bonds is 7. The van der Waals surface area contributed by atoms with Crippen molar-refractivity contribution >= 4 is 23.1 Å². The Kier molecular flexibility index (Phi) is 7.45. The minimum Gasteiger partial charge on any atom is -0.457 e. The van der Waals surface area contributed by atoms with E-state index in [0.717, 1.165) is 42.0 Å². The standard InChI is InChI=1S/C28H31N5O2/c1-4-9-25(34)33-17-8-10-22(18-33)32(3)28-26(27(29)30-19-31-28)20(2)21-13-15-24(16-14-21)35-23-11-6-5-7-12-23/h4-7,9,11-16,19,22H,2,8,10,17-18H2,1,3H3,(H2,29,30,31)/b9-4+. The number of likely N-dealkylation sites (N-methyl/N-ethyl adjacent to an activating group) is 1. The molecule has 2 aromatic carbocycles. The second kappa shape index (κ2) is 10.9. The molecule has 0 spiro atoms. The fourth-order valence-electron chi connectivity index (χ4n) is 4.33. The van der Waals surface area contributed by atoms with E-state index in [4.69, 9.17) is 10.5 Å². The summed E-state index contributed by atoms with van der Waals surface area (Å²) in [4.78, 5) is 25.2. The lowest BCUT2D eigenvalue weighted by Crippen LogP contribution is -2.48. The van der Waals surface area contributed by atoms with Gasteiger partial charge in [0.2, 0.25) is 5.91 Å². The van der Waals surface area contributed by atoms with Crippen LogP contribution in [0.25, 0.3) is 5.57 Å². The maximum Gasteiger partial charge on any atom is 0.246 e. The average molecular weight is 470 g/mol. The van der Waals surface area contributed by atoms with Crippen LogP contribution < -0.4 is 15.4 Å². The number of piperidine rings is 1. The number of nitrogens with zero attached hydrogens (tertiary/aromatic N) is 4. The van der Waals surface area contributed by atoms with Crippen LogP contribution in [-0.2, 0) is 4.79 Å². The molecule has 2 heterocycles. The second-order valence-electron chi connectivity index (χ2n) is 8.57. The van der Waals surface area contributed by atoms with Crippen LogP contribution in [0.2, 0.25) is 0 Å². The molecule has 180 valence electrons. The molecule has 3 aromatic rings. The Bertz CT molecular complexity index is 1210. The molecule has 1 fully saturated rings. The highest BCUT2D eigenvalue weighted by Crippen LogP contribution is 2.34. The molecule has 1 saturated heterocycles. The zero-order chi connectivity index (χ0) is 24.8. The minimum atomic E-state index is 0.0373. The number of nitrogen functional groups attached to an aromatic ring is 1. The molecule has 1 atom stereocenters. The van der Waals surface area contributed by atoms with Gasteiger partial charge in [0.05, 0.1) is 5.56 Å². The molecule has 1 aliphatic heterocycles. The topological polar surface area (TPSA) is 84.6 Å². The van der Waals surface area contributed by atoms with E-state index in [1.165, 1.54) is 6.33 Å². The van der Waals surface area contributed by atoms with Gasteiger partial charge < -0.3 is 20.3 Å². The molecule has 1 aliphatic rings. The summed E-state index contributed by atoms with van der Waals surface area (Å²) < 4.78 is 5.91. The Morgan fingerprint density at radius 3 is 2.57 bits per heavy atom. The van der Waals surface area contributed by atoms with Gasteiger partial charge >= 0.3 is 0 Å². The van der Waals surface area contributed by atoms with Crippen molar-refractivity contribution < 1.29 is 9.53 Å². The van der Waals surface area contributed by atoms with Gasteiger partial charge in [0.25, 0.3) is 0 Å². The minimum absolute atomic E-state index is 0.0373. The number of hydrogen-bond donors (Lipinski definition) is 1. The van der Waals surface area contributed by atoms with Crippen LogP contribution in [0.1, 0.15) is 30.9 Å². The summed E-state index contributed by atoms with van der Waals surface area (Å²) in [6, 6.07) is 17.5. The predicted octanol–water partition coefficient (Wildman–Crippen LogP) is 4.92. The van der Waals surface area contributed by atoms with Gasteiger partial charge in [0, 0.05) is 26.2 Å². The fourth-order valence-corrected chi connectivity index (χ4v) is 4.33. The molecular weight excluding hydrogens is 438 g/mol. The van der Waals surface area contributed by atoms with E-state index in [2.05, 4.69) is 21.4 Å². The maximum atomic E-state index is 12.4. The molecule has 1 unspecified atom stereocenters. The summed E-state index contributed by atoms with van der Waals surface area (Å²) >= 11 is 0. The summed E-state index contributed by atoms with van der Waals surface area (Å²) in [5.74, 6) is 2.62. The Balaban J connectivity index is 1.56. The lowest BCUT2D eigenvalue weighted by Gasteiger charge is -2.38. The summed E-state index contributed by atoms with van der Waals surface area (Å²) in [7, 11) is 1.99. The summed E-state index contributed by atoms with van der Waals surface area (Å²) in [5.41, 5.74) is 8.66. The molecule has 0 bridgehead atoms. The molecule has 4 rings (SSSR count). The molecule has 0 aliphatic carbocycles. The predicted molar refractivity (Wildman–Crippen MR) is 140 cm³/mol. The molecule has 35 heavy (non-hydrogen) atoms. The quantitative estimate of drug-likeness (QED) is 0.495. The number of hydrogen-bond acceptors (Lipinski definition) is 6. The normalized spacial score (nSPS) is 15.7. The first kappa shape index (κ1) is 24.0. The highest BCUT2D eigenvalue weighted by Gasteiger charge is 2.28. The van der Waals surface area contributed by atoms with E-state index in [-0.39, 0.29) is 11.9 Å². The van der Waals surface area contributed by atoms with E-state index < -0.39 is 0 Å². The summed E-state index contributed by atoms with van der Waals surface area (Å²) in [6.45, 7) is 7.57. The van der Waals surface area contributed by atoms with E-state index in [9.17, 15) is 4.79 Å². The molecular formula is C28H31N5O2. The van der Waals surface area contributed by atoms with Gasteiger partial charge in [0.15, 0.2) is 0 Å². The van der Waals surface area contributed by atoms with E-state index >= 15 is 0 Å². The third-order valence-corrected chi connectivity index (χ3v) is 6.24. The number of nitrogens with two attached hydrogens (primary N) is 1. The molecule has 1 amide bonds. The molecule has 0 radical (unpaired) electrons. The van der Waals surface area contributed by atoms with E-state index in [1.54, 1.807) is 12.2 Å². The van der Waals surface area contributed by atoms with Crippen molar-refractivity contribution in [3.8, 4) is 11.5 Å². The third-order valence-electron chi connectivity index (χ3n) is 6.24. The number of ether oxygens (including phenoxy) is 1. The molecule has 0 saturated carbocycles. The number of para-hydroxylation sites is 1. The van der Waals surface area contributed by atoms with Crippen LogP contribution in [0.4, 0.5) is 11.6 Å². The number of amides is 1. The number of benzene rings is 2. The zero-order valence-corrected chi connectivity index (χ0v) is 20.2. The number of aromatic nitrogens is 2. The second-order valence-corrected chi connectivity index (χ2v) is 8.57. The largest absolute Gasteiger partial charge is 0.457 e. The van der Waals surface area contributed by atoms with Crippen LogP contribution in [0, 0.1) is 0 Å². The van der Waals surface area contributed by atoms with Crippen LogP contribution >= 0.6 is 0 Å². The Morgan fingerprint density at radius 2 is 1.86 bits per heavy atom. The van der Waals surface area contributed by atoms with Crippen LogP contribution in [-0.4, -0.2) is 47.0 Å². The number of likely N-dealkylation sites (tertiary alicyclic amines) is 1. The van der Waals surface area contributed by atoms with Gasteiger partial charge in [-0.25, -0.2) is 9.97 Å². The monoisotopic (exact) mass is 469 g/mol. The number of carbonyl (C=O) groups excluding carboxylic acids is 1. The van der Waals surface area contributed by atoms with E-state index in [0.29, 0.717) is 23.7 Å². The summed E-state index contributed by atoms with van der Waals surface area (Å²) in [6.07, 6.45) is 6.75. The van der Waals surface area contributed by atoms with Gasteiger partial charge in [-0.3, -0.25) is 4.79 Å². The Labute approximate surface area is 206 Å². The van der Waals surface area contributed by atoms with Crippen LogP contribution in [0.3, 0.4) is 0 Å². The van der Waals surface area contributed by atoms with Gasteiger partial charge in [-0.1, -0.05) is 43.0 Å². The van der Waals surface area contributed by atoms with Crippen molar-refractivity contribution in [1.82, 2.24) is 14.9 Å².